The van der Waals surface area contributed by atoms with Gasteiger partial charge in [0.15, 0.2) is 9.84 Å². The fourth-order valence-electron chi connectivity index (χ4n) is 3.77. The lowest BCUT2D eigenvalue weighted by Gasteiger charge is -2.27. The maximum atomic E-state index is 12.4. The Balaban J connectivity index is 1.83. The van der Waals surface area contributed by atoms with Gasteiger partial charge in [-0.25, -0.2) is 18.4 Å². The number of ether oxygens (including phenoxy) is 1. The molecule has 2 unspecified atom stereocenters. The van der Waals surface area contributed by atoms with Crippen molar-refractivity contribution in [1.82, 2.24) is 4.98 Å². The first-order valence-corrected chi connectivity index (χ1v) is 11.2. The maximum Gasteiger partial charge on any atom is 0.212 e. The Morgan fingerprint density at radius 2 is 2.10 bits per heavy atom. The highest BCUT2D eigenvalue weighted by Crippen LogP contribution is 2.46. The topological polar surface area (TPSA) is 101 Å². The molecule has 3 heterocycles. The van der Waals surface area contributed by atoms with E-state index in [9.17, 15) is 8.42 Å². The second kappa shape index (κ2) is 7.61. The first-order valence-electron chi connectivity index (χ1n) is 9.52. The van der Waals surface area contributed by atoms with E-state index in [-0.39, 0.29) is 30.9 Å². The molecular weight excluding hydrogens is 390 g/mol. The van der Waals surface area contributed by atoms with Gasteiger partial charge in [0, 0.05) is 23.9 Å². The zero-order valence-corrected chi connectivity index (χ0v) is 17.1. The second-order valence-corrected chi connectivity index (χ2v) is 9.38. The van der Waals surface area contributed by atoms with E-state index >= 15 is 0 Å². The number of aliphatic imine (C=N–C) groups is 1. The number of rotatable bonds is 5. The van der Waals surface area contributed by atoms with Crippen molar-refractivity contribution in [2.24, 2.45) is 4.99 Å². The molecule has 8 heteroatoms. The smallest absolute Gasteiger partial charge is 0.212 e. The molecule has 2 atom stereocenters. The number of nitrogens with zero attached hydrogens (tertiary/aromatic N) is 2. The number of aryl methyl sites for hydroxylation is 1. The number of pyridine rings is 1. The molecule has 7 nitrogen and oxygen atoms in total. The van der Waals surface area contributed by atoms with Crippen LogP contribution in [0.25, 0.3) is 5.57 Å². The summed E-state index contributed by atoms with van der Waals surface area (Å²) in [4.78, 5) is 9.27. The zero-order valence-electron chi connectivity index (χ0n) is 16.3. The van der Waals surface area contributed by atoms with Crippen LogP contribution in [0.5, 0.6) is 0 Å². The summed E-state index contributed by atoms with van der Waals surface area (Å²) < 4.78 is 30.4. The summed E-state index contributed by atoms with van der Waals surface area (Å²) in [7, 11) is -3.31. The van der Waals surface area contributed by atoms with Gasteiger partial charge in [-0.2, -0.15) is 0 Å². The molecule has 0 saturated heterocycles. The predicted molar refractivity (Wildman–Crippen MR) is 112 cm³/mol. The average molecular weight is 413 g/mol. The molecule has 1 aromatic heterocycles. The fraction of sp³-hybridized carbons (Fsp3) is 0.333. The molecule has 0 radical (unpaired) electrons. The number of hydrogen-bond donors (Lipinski definition) is 2. The summed E-state index contributed by atoms with van der Waals surface area (Å²) in [5, 5.41) is 12.5. The van der Waals surface area contributed by atoms with Crippen molar-refractivity contribution in [1.29, 1.82) is 0 Å². The van der Waals surface area contributed by atoms with E-state index in [0.29, 0.717) is 10.8 Å². The van der Waals surface area contributed by atoms with Crippen molar-refractivity contribution >= 4 is 27.1 Å². The predicted octanol–water partition coefficient (Wildman–Crippen LogP) is 2.52. The van der Waals surface area contributed by atoms with Crippen LogP contribution in [-0.4, -0.2) is 49.4 Å². The van der Waals surface area contributed by atoms with E-state index in [1.54, 1.807) is 37.5 Å². The largest absolute Gasteiger partial charge is 0.477 e. The lowest BCUT2D eigenvalue weighted by Crippen LogP contribution is -2.35. The molecule has 0 aliphatic carbocycles. The van der Waals surface area contributed by atoms with Gasteiger partial charge in [-0.05, 0) is 35.8 Å². The van der Waals surface area contributed by atoms with Gasteiger partial charge in [0.25, 0.3) is 0 Å². The van der Waals surface area contributed by atoms with Crippen LogP contribution in [0.3, 0.4) is 0 Å². The maximum absolute atomic E-state index is 12.4. The van der Waals surface area contributed by atoms with Gasteiger partial charge in [0.1, 0.15) is 18.5 Å². The van der Waals surface area contributed by atoms with Crippen molar-refractivity contribution in [2.45, 2.75) is 30.7 Å². The van der Waals surface area contributed by atoms with Crippen molar-refractivity contribution in [3.8, 4) is 0 Å². The molecule has 0 amide bonds. The number of aliphatic hydroxyl groups excluding tert-OH is 1. The normalized spacial score (nSPS) is 20.2. The minimum Gasteiger partial charge on any atom is -0.477 e. The molecule has 0 bridgehead atoms. The number of aliphatic hydroxyl groups is 1. The van der Waals surface area contributed by atoms with Crippen molar-refractivity contribution < 1.29 is 18.3 Å². The molecule has 2 aromatic rings. The number of benzene rings is 1. The Hall–Kier alpha value is -2.71. The first-order chi connectivity index (χ1) is 13.9. The van der Waals surface area contributed by atoms with E-state index in [0.717, 1.165) is 28.1 Å². The van der Waals surface area contributed by atoms with Crippen LogP contribution in [0.1, 0.15) is 29.5 Å². The molecule has 0 saturated carbocycles. The first kappa shape index (κ1) is 19.6. The molecule has 1 aromatic carbocycles. The van der Waals surface area contributed by atoms with Crippen LogP contribution in [0, 0.1) is 6.92 Å². The highest BCUT2D eigenvalue weighted by atomic mass is 32.2. The Bertz CT molecular complexity index is 1110. The number of nitrogens with one attached hydrogen (secondary N) is 1. The van der Waals surface area contributed by atoms with Crippen molar-refractivity contribution in [3.05, 3.63) is 59.4 Å². The van der Waals surface area contributed by atoms with E-state index < -0.39 is 9.84 Å². The van der Waals surface area contributed by atoms with E-state index in [1.165, 1.54) is 0 Å². The summed E-state index contributed by atoms with van der Waals surface area (Å²) in [5.74, 6) is 1.17. The third kappa shape index (κ3) is 3.54. The number of anilines is 1. The number of fused-ring (bicyclic) bond motifs is 3. The third-order valence-electron chi connectivity index (χ3n) is 5.19. The molecule has 152 valence electrons. The standard InChI is InChI=1S/C21H23N3O4S/c1-3-29(26,27)15-6-4-5-14(10-15)17-12-23-21(28-8-7-25)19-18(17)16-9-13(2)11-22-20(16)24-19/h4-6,9-12,18-19,25H,3,7-8H2,1-2H3,(H,22,24). The van der Waals surface area contributed by atoms with Crippen molar-refractivity contribution in [3.63, 3.8) is 0 Å². The lowest BCUT2D eigenvalue weighted by molar-refractivity contribution is 0.188. The van der Waals surface area contributed by atoms with Gasteiger partial charge >= 0.3 is 0 Å². The Morgan fingerprint density at radius 3 is 2.86 bits per heavy atom. The summed E-state index contributed by atoms with van der Waals surface area (Å²) in [6, 6.07) is 8.79. The molecule has 0 fully saturated rings. The Labute approximate surface area is 170 Å². The second-order valence-electron chi connectivity index (χ2n) is 7.11. The molecule has 4 rings (SSSR count). The number of hydrogen-bond acceptors (Lipinski definition) is 7. The summed E-state index contributed by atoms with van der Waals surface area (Å²) >= 11 is 0. The SMILES string of the molecule is CCS(=O)(=O)c1cccc(C2=CN=C(OCCO)C3Nc4ncc(C)cc4C23)c1. The monoisotopic (exact) mass is 413 g/mol. The fourth-order valence-corrected chi connectivity index (χ4v) is 4.70. The van der Waals surface area contributed by atoms with Crippen LogP contribution in [0.4, 0.5) is 5.82 Å². The molecule has 0 spiro atoms. The minimum atomic E-state index is -3.31. The molecule has 2 aliphatic heterocycles. The third-order valence-corrected chi connectivity index (χ3v) is 6.93. The number of sulfone groups is 1. The highest BCUT2D eigenvalue weighted by Gasteiger charge is 2.42. The summed E-state index contributed by atoms with van der Waals surface area (Å²) in [6.45, 7) is 3.67. The van der Waals surface area contributed by atoms with Gasteiger partial charge in [0.05, 0.1) is 17.3 Å². The van der Waals surface area contributed by atoms with Crippen molar-refractivity contribution in [2.75, 3.05) is 24.3 Å². The molecule has 29 heavy (non-hydrogen) atoms. The highest BCUT2D eigenvalue weighted by molar-refractivity contribution is 7.91. The van der Waals surface area contributed by atoms with Gasteiger partial charge in [0.2, 0.25) is 5.90 Å². The quantitative estimate of drug-likeness (QED) is 0.781. The van der Waals surface area contributed by atoms with Gasteiger partial charge in [-0.3, -0.25) is 0 Å². The summed E-state index contributed by atoms with van der Waals surface area (Å²) in [5.41, 5.74) is 3.76. The molecular formula is C21H23N3O4S. The van der Waals surface area contributed by atoms with Crippen LogP contribution in [0.2, 0.25) is 0 Å². The van der Waals surface area contributed by atoms with Crippen LogP contribution < -0.4 is 5.32 Å². The Kier molecular flexibility index (Phi) is 5.14. The Morgan fingerprint density at radius 1 is 1.28 bits per heavy atom. The molecule has 2 N–H and O–H groups in total. The van der Waals surface area contributed by atoms with E-state index in [2.05, 4.69) is 21.4 Å². The van der Waals surface area contributed by atoms with E-state index in [1.807, 2.05) is 13.0 Å². The van der Waals surface area contributed by atoms with Gasteiger partial charge < -0.3 is 15.2 Å². The van der Waals surface area contributed by atoms with Crippen LogP contribution in [0.15, 0.2) is 52.6 Å². The molecule has 2 aliphatic rings. The van der Waals surface area contributed by atoms with Gasteiger partial charge in [-0.1, -0.05) is 25.1 Å². The summed E-state index contributed by atoms with van der Waals surface area (Å²) in [6.07, 6.45) is 3.52. The van der Waals surface area contributed by atoms with Crippen LogP contribution >= 0.6 is 0 Å². The average Bonchev–Trinajstić information content (AvgIpc) is 3.11. The number of aromatic nitrogens is 1. The minimum absolute atomic E-state index is 0.0480. The van der Waals surface area contributed by atoms with Crippen LogP contribution in [-0.2, 0) is 14.6 Å². The lowest BCUT2D eigenvalue weighted by atomic mass is 9.83. The zero-order chi connectivity index (χ0) is 20.6. The van der Waals surface area contributed by atoms with Gasteiger partial charge in [-0.15, -0.1) is 0 Å². The van der Waals surface area contributed by atoms with E-state index in [4.69, 9.17) is 9.84 Å².